The number of amides is 1. The van der Waals surface area contributed by atoms with Crippen LogP contribution in [0.1, 0.15) is 32.9 Å². The molecule has 156 valence electrons. The van der Waals surface area contributed by atoms with Crippen LogP contribution in [0.4, 0.5) is 5.82 Å². The Labute approximate surface area is 179 Å². The van der Waals surface area contributed by atoms with Gasteiger partial charge in [-0.05, 0) is 30.7 Å². The van der Waals surface area contributed by atoms with E-state index < -0.39 is 5.91 Å². The number of hydrogen-bond acceptors (Lipinski definition) is 5. The van der Waals surface area contributed by atoms with Crippen LogP contribution in [-0.4, -0.2) is 27.0 Å². The van der Waals surface area contributed by atoms with Crippen LogP contribution in [0.25, 0.3) is 16.9 Å². The van der Waals surface area contributed by atoms with Crippen LogP contribution in [0, 0.1) is 6.92 Å². The number of nitrogens with two attached hydrogens (primary N) is 1. The molecule has 0 radical (unpaired) electrons. The lowest BCUT2D eigenvalue weighted by Gasteiger charge is -2.21. The Morgan fingerprint density at radius 2 is 2.00 bits per heavy atom. The van der Waals surface area contributed by atoms with E-state index in [0.29, 0.717) is 31.3 Å². The van der Waals surface area contributed by atoms with Crippen LogP contribution >= 0.6 is 0 Å². The van der Waals surface area contributed by atoms with Gasteiger partial charge in [-0.3, -0.25) is 9.36 Å². The fourth-order valence-electron chi connectivity index (χ4n) is 4.09. The number of aromatic nitrogens is 3. The van der Waals surface area contributed by atoms with E-state index in [4.69, 9.17) is 20.4 Å². The first-order chi connectivity index (χ1) is 15.1. The summed E-state index contributed by atoms with van der Waals surface area (Å²) in [5, 5.41) is 4.27. The molecule has 0 spiro atoms. The van der Waals surface area contributed by atoms with E-state index in [0.717, 1.165) is 40.1 Å². The van der Waals surface area contributed by atoms with Gasteiger partial charge in [-0.1, -0.05) is 36.4 Å². The third kappa shape index (κ3) is 3.53. The summed E-state index contributed by atoms with van der Waals surface area (Å²) in [6.45, 7) is 3.76. The molecule has 31 heavy (non-hydrogen) atoms. The van der Waals surface area contributed by atoms with E-state index in [1.54, 1.807) is 6.07 Å². The van der Waals surface area contributed by atoms with Gasteiger partial charge < -0.3 is 15.8 Å². The molecule has 3 heterocycles. The molecule has 0 unspecified atom stereocenters. The number of aryl methyl sites for hydroxylation is 1. The molecule has 1 amide bonds. The Hall–Kier alpha value is -3.71. The molecule has 7 nitrogen and oxygen atoms in total. The highest BCUT2D eigenvalue weighted by Crippen LogP contribution is 2.29. The summed E-state index contributed by atoms with van der Waals surface area (Å²) in [6.07, 6.45) is 0.732. The van der Waals surface area contributed by atoms with Gasteiger partial charge in [-0.2, -0.15) is 4.98 Å². The summed E-state index contributed by atoms with van der Waals surface area (Å²) in [5.41, 5.74) is 11.0. The van der Waals surface area contributed by atoms with Gasteiger partial charge in [0.15, 0.2) is 0 Å². The quantitative estimate of drug-likeness (QED) is 0.522. The average molecular weight is 413 g/mol. The number of carbonyl (C=O) groups excluding carboxylic acids is 1. The first-order valence-corrected chi connectivity index (χ1v) is 10.3. The average Bonchev–Trinajstić information content (AvgIpc) is 3.13. The predicted molar refractivity (Wildman–Crippen MR) is 119 cm³/mol. The van der Waals surface area contributed by atoms with Crippen LogP contribution < -0.4 is 11.1 Å². The van der Waals surface area contributed by atoms with E-state index in [1.165, 1.54) is 5.56 Å². The molecule has 0 atom stereocenters. The van der Waals surface area contributed by atoms with Crippen molar-refractivity contribution in [3.8, 4) is 5.95 Å². The van der Waals surface area contributed by atoms with Gasteiger partial charge in [0.2, 0.25) is 11.9 Å². The summed E-state index contributed by atoms with van der Waals surface area (Å²) in [7, 11) is 0. The van der Waals surface area contributed by atoms with Crippen LogP contribution in [0.2, 0.25) is 0 Å². The summed E-state index contributed by atoms with van der Waals surface area (Å²) < 4.78 is 7.65. The Morgan fingerprint density at radius 3 is 2.81 bits per heavy atom. The molecule has 5 rings (SSSR count). The number of ether oxygens (including phenoxy) is 1. The summed E-state index contributed by atoms with van der Waals surface area (Å²) in [6, 6.07) is 17.7. The second-order valence-electron chi connectivity index (χ2n) is 7.66. The zero-order valence-corrected chi connectivity index (χ0v) is 17.3. The Balaban J connectivity index is 1.62. The molecule has 0 saturated heterocycles. The molecule has 0 saturated carbocycles. The van der Waals surface area contributed by atoms with Gasteiger partial charge in [0, 0.05) is 35.2 Å². The zero-order chi connectivity index (χ0) is 21.4. The maximum Gasteiger partial charge on any atom is 0.249 e. The number of rotatable bonds is 5. The maximum atomic E-state index is 11.9. The van der Waals surface area contributed by atoms with Gasteiger partial charge >= 0.3 is 0 Å². The molecular formula is C24H23N5O2. The molecule has 1 aliphatic rings. The van der Waals surface area contributed by atoms with E-state index in [1.807, 2.05) is 47.9 Å². The van der Waals surface area contributed by atoms with Gasteiger partial charge in [0.05, 0.1) is 24.4 Å². The van der Waals surface area contributed by atoms with E-state index >= 15 is 0 Å². The van der Waals surface area contributed by atoms with Crippen LogP contribution in [0.15, 0.2) is 54.6 Å². The molecule has 7 heteroatoms. The third-order valence-electron chi connectivity index (χ3n) is 5.61. The van der Waals surface area contributed by atoms with Gasteiger partial charge in [0.25, 0.3) is 0 Å². The molecule has 1 aliphatic heterocycles. The van der Waals surface area contributed by atoms with Crippen molar-refractivity contribution in [2.75, 3.05) is 11.9 Å². The highest BCUT2D eigenvalue weighted by Gasteiger charge is 2.21. The van der Waals surface area contributed by atoms with Crippen molar-refractivity contribution in [3.63, 3.8) is 0 Å². The lowest BCUT2D eigenvalue weighted by Crippen LogP contribution is -2.19. The molecule has 0 fully saturated rings. The summed E-state index contributed by atoms with van der Waals surface area (Å²) >= 11 is 0. The minimum Gasteiger partial charge on any atom is -0.376 e. The van der Waals surface area contributed by atoms with E-state index in [9.17, 15) is 4.79 Å². The molecule has 4 aromatic rings. The summed E-state index contributed by atoms with van der Waals surface area (Å²) in [5.74, 6) is 0.901. The van der Waals surface area contributed by atoms with Gasteiger partial charge in [0.1, 0.15) is 5.82 Å². The molecule has 3 N–H and O–H groups in total. The van der Waals surface area contributed by atoms with Crippen molar-refractivity contribution < 1.29 is 9.53 Å². The highest BCUT2D eigenvalue weighted by atomic mass is 16.5. The first kappa shape index (κ1) is 19.3. The summed E-state index contributed by atoms with van der Waals surface area (Å²) in [4.78, 5) is 21.6. The van der Waals surface area contributed by atoms with Crippen molar-refractivity contribution in [1.82, 2.24) is 14.5 Å². The molecule has 2 aromatic carbocycles. The van der Waals surface area contributed by atoms with Crippen molar-refractivity contribution >= 4 is 22.6 Å². The smallest absolute Gasteiger partial charge is 0.249 e. The number of nitrogens with zero attached hydrogens (tertiary/aromatic N) is 3. The number of nitrogens with one attached hydrogen (secondary N) is 1. The van der Waals surface area contributed by atoms with Crippen molar-refractivity contribution in [2.24, 2.45) is 5.73 Å². The molecule has 0 aliphatic carbocycles. The number of benzene rings is 2. The van der Waals surface area contributed by atoms with E-state index in [-0.39, 0.29) is 0 Å². The van der Waals surface area contributed by atoms with Crippen molar-refractivity contribution in [2.45, 2.75) is 26.5 Å². The minimum absolute atomic E-state index is 0.448. The fourth-order valence-corrected chi connectivity index (χ4v) is 4.09. The maximum absolute atomic E-state index is 11.9. The van der Waals surface area contributed by atoms with Gasteiger partial charge in [-0.25, -0.2) is 4.98 Å². The Morgan fingerprint density at radius 1 is 1.16 bits per heavy atom. The zero-order valence-electron chi connectivity index (χ0n) is 17.3. The number of anilines is 1. The van der Waals surface area contributed by atoms with Crippen LogP contribution in [0.3, 0.4) is 0 Å². The van der Waals surface area contributed by atoms with Crippen molar-refractivity contribution in [1.29, 1.82) is 0 Å². The van der Waals surface area contributed by atoms with Crippen molar-refractivity contribution in [3.05, 3.63) is 82.7 Å². The monoisotopic (exact) mass is 413 g/mol. The standard InChI is InChI=1S/C24H23N5O2/c1-15-12-18-17(22(25)30)8-5-9-21(18)29(15)24-27-20-10-11-31-14-19(20)23(28-24)26-13-16-6-3-2-4-7-16/h2-9,12H,10-11,13-14H2,1H3,(H2,25,30)(H,26,27,28). The SMILES string of the molecule is Cc1cc2c(C(N)=O)cccc2n1-c1nc2c(c(NCc3ccccc3)n1)COCC2. The predicted octanol–water partition coefficient (Wildman–Crippen LogP) is 3.51. The number of fused-ring (bicyclic) bond motifs is 2. The first-order valence-electron chi connectivity index (χ1n) is 10.3. The fraction of sp³-hybridized carbons (Fsp3) is 0.208. The van der Waals surface area contributed by atoms with Crippen LogP contribution in [-0.2, 0) is 24.3 Å². The topological polar surface area (TPSA) is 95.1 Å². The molecule has 0 bridgehead atoms. The van der Waals surface area contributed by atoms with Gasteiger partial charge in [-0.15, -0.1) is 0 Å². The Bertz CT molecular complexity index is 1280. The second kappa shape index (κ2) is 7.85. The Kier molecular flexibility index (Phi) is 4.88. The number of hydrogen-bond donors (Lipinski definition) is 2. The second-order valence-corrected chi connectivity index (χ2v) is 7.66. The third-order valence-corrected chi connectivity index (χ3v) is 5.61. The minimum atomic E-state index is -0.448. The molecule has 2 aromatic heterocycles. The normalized spacial score (nSPS) is 13.2. The number of carbonyl (C=O) groups is 1. The lowest BCUT2D eigenvalue weighted by atomic mass is 10.1. The highest BCUT2D eigenvalue weighted by molar-refractivity contribution is 6.06. The van der Waals surface area contributed by atoms with Crippen LogP contribution in [0.5, 0.6) is 0 Å². The largest absolute Gasteiger partial charge is 0.376 e. The van der Waals surface area contributed by atoms with E-state index in [2.05, 4.69) is 17.4 Å². The lowest BCUT2D eigenvalue weighted by molar-refractivity contribution is 0.100. The molecular weight excluding hydrogens is 390 g/mol. The number of primary amides is 1.